The molecule has 1 heterocycles. The number of nitro groups is 1. The van der Waals surface area contributed by atoms with E-state index in [2.05, 4.69) is 26.6 Å². The van der Waals surface area contributed by atoms with Crippen LogP contribution in [0.1, 0.15) is 23.2 Å². The van der Waals surface area contributed by atoms with Crippen LogP contribution in [0.5, 0.6) is 0 Å². The molecule has 0 bridgehead atoms. The highest BCUT2D eigenvalue weighted by molar-refractivity contribution is 9.10. The highest BCUT2D eigenvalue weighted by atomic mass is 79.9. The van der Waals surface area contributed by atoms with Crippen LogP contribution in [0.3, 0.4) is 0 Å². The van der Waals surface area contributed by atoms with Gasteiger partial charge in [0.1, 0.15) is 0 Å². The molecule has 1 aliphatic heterocycles. The molecule has 19 heavy (non-hydrogen) atoms. The first-order valence-corrected chi connectivity index (χ1v) is 6.83. The lowest BCUT2D eigenvalue weighted by atomic mass is 10.1. The van der Waals surface area contributed by atoms with Crippen molar-refractivity contribution in [2.24, 2.45) is 0 Å². The number of nitrogens with one attached hydrogen (secondary N) is 2. The van der Waals surface area contributed by atoms with E-state index < -0.39 is 4.92 Å². The van der Waals surface area contributed by atoms with E-state index in [1.54, 1.807) is 0 Å². The highest BCUT2D eigenvalue weighted by Crippen LogP contribution is 2.22. The monoisotopic (exact) mass is 327 g/mol. The molecule has 1 saturated heterocycles. The predicted molar refractivity (Wildman–Crippen MR) is 74.2 cm³/mol. The van der Waals surface area contributed by atoms with Gasteiger partial charge in [0.25, 0.3) is 11.6 Å². The van der Waals surface area contributed by atoms with Gasteiger partial charge in [-0.3, -0.25) is 14.9 Å². The highest BCUT2D eigenvalue weighted by Gasteiger charge is 2.19. The van der Waals surface area contributed by atoms with Gasteiger partial charge in [-0.2, -0.15) is 0 Å². The third kappa shape index (κ3) is 3.51. The Morgan fingerprint density at radius 2 is 2.32 bits per heavy atom. The molecular formula is C12H14BrN3O3. The molecule has 0 radical (unpaired) electrons. The van der Waals surface area contributed by atoms with Gasteiger partial charge in [0.05, 0.1) is 10.5 Å². The van der Waals surface area contributed by atoms with Crippen LogP contribution in [0.25, 0.3) is 0 Å². The molecule has 6 nitrogen and oxygen atoms in total. The standard InChI is InChI=1S/C12H14BrN3O3/c13-11-4-3-9(16(18)19)6-10(11)12(17)15-8-2-1-5-14-7-8/h3-4,6,8,14H,1-2,5,7H2,(H,15,17)/t8-/m1/s1. The number of rotatable bonds is 3. The quantitative estimate of drug-likeness (QED) is 0.655. The van der Waals surface area contributed by atoms with E-state index in [0.717, 1.165) is 25.9 Å². The Labute approximate surface area is 118 Å². The van der Waals surface area contributed by atoms with E-state index in [4.69, 9.17) is 0 Å². The van der Waals surface area contributed by atoms with Crippen LogP contribution in [0.2, 0.25) is 0 Å². The lowest BCUT2D eigenvalue weighted by Gasteiger charge is -2.23. The normalized spacial score (nSPS) is 18.9. The Bertz CT molecular complexity index is 501. The second-order valence-corrected chi connectivity index (χ2v) is 5.29. The second-order valence-electron chi connectivity index (χ2n) is 4.44. The molecule has 0 aliphatic carbocycles. The van der Waals surface area contributed by atoms with Gasteiger partial charge in [-0.15, -0.1) is 0 Å². The SMILES string of the molecule is O=C(N[C@@H]1CCCNC1)c1cc([N+](=O)[O-])ccc1Br. The average molecular weight is 328 g/mol. The van der Waals surface area contributed by atoms with Crippen molar-refractivity contribution in [2.45, 2.75) is 18.9 Å². The first kappa shape index (κ1) is 14.0. The Balaban J connectivity index is 2.13. The fourth-order valence-electron chi connectivity index (χ4n) is 2.04. The lowest BCUT2D eigenvalue weighted by molar-refractivity contribution is -0.384. The summed E-state index contributed by atoms with van der Waals surface area (Å²) in [6, 6.07) is 4.25. The third-order valence-corrected chi connectivity index (χ3v) is 3.73. The molecule has 2 N–H and O–H groups in total. The van der Waals surface area contributed by atoms with Gasteiger partial charge in [-0.1, -0.05) is 0 Å². The molecular weight excluding hydrogens is 314 g/mol. The molecule has 1 aromatic rings. The van der Waals surface area contributed by atoms with Crippen molar-refractivity contribution < 1.29 is 9.72 Å². The van der Waals surface area contributed by atoms with Crippen LogP contribution in [-0.4, -0.2) is 30.0 Å². The minimum atomic E-state index is -0.509. The average Bonchev–Trinajstić information content (AvgIpc) is 2.40. The van der Waals surface area contributed by atoms with Crippen LogP contribution in [-0.2, 0) is 0 Å². The molecule has 7 heteroatoms. The minimum Gasteiger partial charge on any atom is -0.348 e. The molecule has 1 fully saturated rings. The fourth-order valence-corrected chi connectivity index (χ4v) is 2.47. The first-order valence-electron chi connectivity index (χ1n) is 6.03. The number of piperidine rings is 1. The van der Waals surface area contributed by atoms with Crippen molar-refractivity contribution in [1.29, 1.82) is 0 Å². The van der Waals surface area contributed by atoms with Crippen LogP contribution >= 0.6 is 15.9 Å². The van der Waals surface area contributed by atoms with E-state index >= 15 is 0 Å². The van der Waals surface area contributed by atoms with Crippen LogP contribution < -0.4 is 10.6 Å². The molecule has 0 saturated carbocycles. The summed E-state index contributed by atoms with van der Waals surface area (Å²) >= 11 is 3.25. The van der Waals surface area contributed by atoms with Crippen molar-refractivity contribution in [1.82, 2.24) is 10.6 Å². The zero-order chi connectivity index (χ0) is 13.8. The Hall–Kier alpha value is -1.47. The summed E-state index contributed by atoms with van der Waals surface area (Å²) in [5.41, 5.74) is 0.204. The molecule has 0 unspecified atom stereocenters. The van der Waals surface area contributed by atoms with Crippen molar-refractivity contribution in [3.8, 4) is 0 Å². The summed E-state index contributed by atoms with van der Waals surface area (Å²) in [4.78, 5) is 22.3. The minimum absolute atomic E-state index is 0.0763. The fraction of sp³-hybridized carbons (Fsp3) is 0.417. The Morgan fingerprint density at radius 1 is 1.53 bits per heavy atom. The number of benzene rings is 1. The van der Waals surface area contributed by atoms with E-state index in [0.29, 0.717) is 10.0 Å². The van der Waals surface area contributed by atoms with Gasteiger partial charge >= 0.3 is 0 Å². The van der Waals surface area contributed by atoms with E-state index in [-0.39, 0.29) is 17.6 Å². The number of hydrogen-bond acceptors (Lipinski definition) is 4. The number of nitro benzene ring substituents is 1. The number of amides is 1. The maximum absolute atomic E-state index is 12.1. The molecule has 1 atom stereocenters. The number of carbonyl (C=O) groups excluding carboxylic acids is 1. The van der Waals surface area contributed by atoms with Crippen molar-refractivity contribution in [2.75, 3.05) is 13.1 Å². The van der Waals surface area contributed by atoms with Crippen LogP contribution in [0.15, 0.2) is 22.7 Å². The first-order chi connectivity index (χ1) is 9.08. The summed E-state index contributed by atoms with van der Waals surface area (Å²) in [5, 5.41) is 16.8. The number of halogens is 1. The zero-order valence-electron chi connectivity index (χ0n) is 10.2. The number of nitrogens with zero attached hydrogens (tertiary/aromatic N) is 1. The summed E-state index contributed by atoms with van der Waals surface area (Å²) in [5.74, 6) is -0.288. The summed E-state index contributed by atoms with van der Waals surface area (Å²) in [6.45, 7) is 1.70. The molecule has 1 aromatic carbocycles. The van der Waals surface area contributed by atoms with Crippen LogP contribution in [0.4, 0.5) is 5.69 Å². The maximum atomic E-state index is 12.1. The summed E-state index contributed by atoms with van der Waals surface area (Å²) in [6.07, 6.45) is 1.94. The summed E-state index contributed by atoms with van der Waals surface area (Å²) < 4.78 is 0.555. The van der Waals surface area contributed by atoms with Crippen LogP contribution in [0, 0.1) is 10.1 Å². The summed E-state index contributed by atoms with van der Waals surface area (Å²) in [7, 11) is 0. The molecule has 2 rings (SSSR count). The molecule has 1 amide bonds. The van der Waals surface area contributed by atoms with Gasteiger partial charge < -0.3 is 10.6 Å². The van der Waals surface area contributed by atoms with E-state index in [1.807, 2.05) is 0 Å². The number of non-ortho nitro benzene ring substituents is 1. The lowest BCUT2D eigenvalue weighted by Crippen LogP contribution is -2.45. The zero-order valence-corrected chi connectivity index (χ0v) is 11.8. The smallest absolute Gasteiger partial charge is 0.270 e. The van der Waals surface area contributed by atoms with Gasteiger partial charge in [0, 0.05) is 29.2 Å². The molecule has 0 aromatic heterocycles. The van der Waals surface area contributed by atoms with E-state index in [1.165, 1.54) is 18.2 Å². The Morgan fingerprint density at radius 3 is 2.95 bits per heavy atom. The van der Waals surface area contributed by atoms with Gasteiger partial charge in [-0.25, -0.2) is 0 Å². The number of hydrogen-bond donors (Lipinski definition) is 2. The predicted octanol–water partition coefficient (Wildman–Crippen LogP) is 1.84. The maximum Gasteiger partial charge on any atom is 0.270 e. The van der Waals surface area contributed by atoms with Crippen molar-refractivity contribution in [3.63, 3.8) is 0 Å². The third-order valence-electron chi connectivity index (χ3n) is 3.04. The molecule has 0 spiro atoms. The van der Waals surface area contributed by atoms with Crippen molar-refractivity contribution >= 4 is 27.5 Å². The van der Waals surface area contributed by atoms with Gasteiger partial charge in [-0.05, 0) is 41.4 Å². The molecule has 102 valence electrons. The van der Waals surface area contributed by atoms with E-state index in [9.17, 15) is 14.9 Å². The van der Waals surface area contributed by atoms with Crippen molar-refractivity contribution in [3.05, 3.63) is 38.3 Å². The second kappa shape index (κ2) is 6.12. The number of carbonyl (C=O) groups is 1. The molecule has 1 aliphatic rings. The largest absolute Gasteiger partial charge is 0.348 e. The Kier molecular flexibility index (Phi) is 4.49. The van der Waals surface area contributed by atoms with Gasteiger partial charge in [0.2, 0.25) is 0 Å². The van der Waals surface area contributed by atoms with Gasteiger partial charge in [0.15, 0.2) is 0 Å². The topological polar surface area (TPSA) is 84.3 Å².